The van der Waals surface area contributed by atoms with E-state index in [1.54, 1.807) is 0 Å². The summed E-state index contributed by atoms with van der Waals surface area (Å²) in [5.41, 5.74) is 2.71. The fourth-order valence-corrected chi connectivity index (χ4v) is 2.90. The summed E-state index contributed by atoms with van der Waals surface area (Å²) >= 11 is 0. The van der Waals surface area contributed by atoms with E-state index in [4.69, 9.17) is 9.47 Å². The summed E-state index contributed by atoms with van der Waals surface area (Å²) < 4.78 is 11.5. The number of fused-ring (bicyclic) bond motifs is 1. The summed E-state index contributed by atoms with van der Waals surface area (Å²) in [5, 5.41) is 9.23. The van der Waals surface area contributed by atoms with Crippen LogP contribution in [0.15, 0.2) is 11.6 Å². The van der Waals surface area contributed by atoms with Crippen molar-refractivity contribution in [2.24, 2.45) is 0 Å². The second-order valence-electron chi connectivity index (χ2n) is 8.20. The Morgan fingerprint density at radius 3 is 2.29 bits per heavy atom. The smallest absolute Gasteiger partial charge is 0.308 e. The van der Waals surface area contributed by atoms with Crippen LogP contribution in [0.2, 0.25) is 0 Å². The molecule has 0 N–H and O–H groups in total. The highest BCUT2D eigenvalue weighted by molar-refractivity contribution is 5.77. The highest BCUT2D eigenvalue weighted by Gasteiger charge is 2.33. The van der Waals surface area contributed by atoms with Crippen LogP contribution in [-0.2, 0) is 15.6 Å². The molecule has 0 atom stereocenters. The molecule has 0 aromatic heterocycles. The van der Waals surface area contributed by atoms with Gasteiger partial charge < -0.3 is 9.47 Å². The highest BCUT2D eigenvalue weighted by Crippen LogP contribution is 2.47. The van der Waals surface area contributed by atoms with Crippen LogP contribution in [0.1, 0.15) is 65.2 Å². The van der Waals surface area contributed by atoms with Gasteiger partial charge in [-0.3, -0.25) is 4.79 Å². The number of nitrogens with zero attached hydrogens (tertiary/aromatic N) is 1. The number of rotatable bonds is 1. The molecule has 4 heteroatoms. The zero-order valence-corrected chi connectivity index (χ0v) is 15.5. The molecular weight excluding hydrogens is 302 g/mol. The predicted molar refractivity (Wildman–Crippen MR) is 94.2 cm³/mol. The van der Waals surface area contributed by atoms with Crippen LogP contribution in [0.3, 0.4) is 0 Å². The maximum absolute atomic E-state index is 11.7. The SMILES string of the molecule is CC(=O)Oc1c(C(C)(C)C)cc2c(c1C(C)(C)C)C=C(C#N)CO2. The van der Waals surface area contributed by atoms with E-state index in [0.29, 0.717) is 11.3 Å². The Morgan fingerprint density at radius 2 is 1.83 bits per heavy atom. The maximum Gasteiger partial charge on any atom is 0.308 e. The number of hydrogen-bond donors (Lipinski definition) is 0. The molecule has 0 unspecified atom stereocenters. The minimum atomic E-state index is -0.354. The number of nitriles is 1. The minimum absolute atomic E-state index is 0.220. The Balaban J connectivity index is 2.92. The molecule has 0 spiro atoms. The Labute approximate surface area is 144 Å². The first-order valence-electron chi connectivity index (χ1n) is 8.09. The number of hydrogen-bond acceptors (Lipinski definition) is 4. The van der Waals surface area contributed by atoms with Gasteiger partial charge in [-0.2, -0.15) is 5.26 Å². The molecule has 128 valence electrons. The van der Waals surface area contributed by atoms with Crippen LogP contribution in [0.25, 0.3) is 6.08 Å². The molecule has 0 radical (unpaired) electrons. The molecule has 0 amide bonds. The van der Waals surface area contributed by atoms with Crippen molar-refractivity contribution < 1.29 is 14.3 Å². The van der Waals surface area contributed by atoms with Gasteiger partial charge in [0.25, 0.3) is 0 Å². The van der Waals surface area contributed by atoms with Crippen molar-refractivity contribution in [2.45, 2.75) is 59.3 Å². The summed E-state index contributed by atoms with van der Waals surface area (Å²) in [4.78, 5) is 11.7. The van der Waals surface area contributed by atoms with Crippen molar-refractivity contribution in [1.29, 1.82) is 5.26 Å². The molecule has 1 aliphatic heterocycles. The van der Waals surface area contributed by atoms with Crippen molar-refractivity contribution >= 4 is 12.0 Å². The van der Waals surface area contributed by atoms with Crippen LogP contribution in [0.5, 0.6) is 11.5 Å². The molecule has 1 aromatic rings. The van der Waals surface area contributed by atoms with Crippen LogP contribution < -0.4 is 9.47 Å². The zero-order valence-electron chi connectivity index (χ0n) is 15.5. The lowest BCUT2D eigenvalue weighted by Crippen LogP contribution is -2.24. The van der Waals surface area contributed by atoms with E-state index >= 15 is 0 Å². The van der Waals surface area contributed by atoms with Crippen LogP contribution in [0, 0.1) is 11.3 Å². The van der Waals surface area contributed by atoms with E-state index < -0.39 is 0 Å². The summed E-state index contributed by atoms with van der Waals surface area (Å²) in [6, 6.07) is 4.09. The number of ether oxygens (including phenoxy) is 2. The van der Waals surface area contributed by atoms with Gasteiger partial charge in [-0.25, -0.2) is 0 Å². The Hall–Kier alpha value is -2.28. The number of esters is 1. The van der Waals surface area contributed by atoms with Crippen molar-refractivity contribution in [1.82, 2.24) is 0 Å². The van der Waals surface area contributed by atoms with Crippen LogP contribution in [-0.4, -0.2) is 12.6 Å². The highest BCUT2D eigenvalue weighted by atomic mass is 16.5. The summed E-state index contributed by atoms with van der Waals surface area (Å²) in [6.45, 7) is 14.1. The molecule has 0 fully saturated rings. The lowest BCUT2D eigenvalue weighted by Gasteiger charge is -2.33. The average molecular weight is 327 g/mol. The molecule has 2 rings (SSSR count). The second-order valence-corrected chi connectivity index (χ2v) is 8.20. The van der Waals surface area contributed by atoms with Crippen LogP contribution >= 0.6 is 0 Å². The van der Waals surface area contributed by atoms with Gasteiger partial charge in [0.15, 0.2) is 0 Å². The first kappa shape index (κ1) is 18.1. The molecular formula is C20H25NO3. The van der Waals surface area contributed by atoms with Gasteiger partial charge in [-0.05, 0) is 23.0 Å². The number of carbonyl (C=O) groups is 1. The van der Waals surface area contributed by atoms with E-state index in [2.05, 4.69) is 47.6 Å². The maximum atomic E-state index is 11.7. The third-order valence-corrected chi connectivity index (χ3v) is 3.93. The summed E-state index contributed by atoms with van der Waals surface area (Å²) in [6.07, 6.45) is 1.85. The fourth-order valence-electron chi connectivity index (χ4n) is 2.90. The summed E-state index contributed by atoms with van der Waals surface area (Å²) in [5.74, 6) is 0.965. The lowest BCUT2D eigenvalue weighted by molar-refractivity contribution is -0.132. The van der Waals surface area contributed by atoms with Gasteiger partial charge in [0.1, 0.15) is 18.1 Å². The van der Waals surface area contributed by atoms with Crippen LogP contribution in [0.4, 0.5) is 0 Å². The first-order valence-corrected chi connectivity index (χ1v) is 8.09. The Bertz CT molecular complexity index is 753. The molecule has 24 heavy (non-hydrogen) atoms. The van der Waals surface area contributed by atoms with Crippen molar-refractivity contribution in [3.63, 3.8) is 0 Å². The lowest BCUT2D eigenvalue weighted by atomic mass is 9.76. The predicted octanol–water partition coefficient (Wildman–Crippen LogP) is 4.51. The van der Waals surface area contributed by atoms with E-state index in [9.17, 15) is 10.1 Å². The largest absolute Gasteiger partial charge is 0.488 e. The minimum Gasteiger partial charge on any atom is -0.488 e. The van der Waals surface area contributed by atoms with Crippen molar-refractivity contribution in [2.75, 3.05) is 6.61 Å². The zero-order chi connectivity index (χ0) is 18.3. The fraction of sp³-hybridized carbons (Fsp3) is 0.500. The molecule has 0 saturated carbocycles. The molecule has 1 heterocycles. The quantitative estimate of drug-likeness (QED) is 0.562. The van der Waals surface area contributed by atoms with E-state index in [1.807, 2.05) is 12.1 Å². The molecule has 1 aromatic carbocycles. The Morgan fingerprint density at radius 1 is 1.21 bits per heavy atom. The normalized spacial score (nSPS) is 14.2. The van der Waals surface area contributed by atoms with Gasteiger partial charge >= 0.3 is 5.97 Å². The molecule has 4 nitrogen and oxygen atoms in total. The standard InChI is InChI=1S/C20H25NO3/c1-12(22)24-18-15(19(2,3)4)9-16-14(17(18)20(5,6)7)8-13(10-21)11-23-16/h8-9H,11H2,1-7H3. The Kier molecular flexibility index (Phi) is 4.50. The van der Waals surface area contributed by atoms with Gasteiger partial charge in [0, 0.05) is 23.6 Å². The number of benzene rings is 1. The summed E-state index contributed by atoms with van der Waals surface area (Å²) in [7, 11) is 0. The van der Waals surface area contributed by atoms with Gasteiger partial charge in [-0.15, -0.1) is 0 Å². The monoisotopic (exact) mass is 327 g/mol. The van der Waals surface area contributed by atoms with E-state index in [0.717, 1.165) is 22.4 Å². The van der Waals surface area contributed by atoms with Crippen molar-refractivity contribution in [3.05, 3.63) is 28.3 Å². The van der Waals surface area contributed by atoms with Crippen molar-refractivity contribution in [3.8, 4) is 17.6 Å². The van der Waals surface area contributed by atoms with Gasteiger partial charge in [-0.1, -0.05) is 41.5 Å². The number of carbonyl (C=O) groups excluding carboxylic acids is 1. The van der Waals surface area contributed by atoms with E-state index in [-0.39, 0.29) is 23.4 Å². The third-order valence-electron chi connectivity index (χ3n) is 3.93. The molecule has 0 aliphatic carbocycles. The van der Waals surface area contributed by atoms with E-state index in [1.165, 1.54) is 6.92 Å². The van der Waals surface area contributed by atoms with Gasteiger partial charge in [0.05, 0.1) is 11.6 Å². The third kappa shape index (κ3) is 3.46. The second kappa shape index (κ2) is 5.98. The first-order chi connectivity index (χ1) is 10.9. The molecule has 1 aliphatic rings. The average Bonchev–Trinajstić information content (AvgIpc) is 2.42. The molecule has 0 saturated heterocycles. The van der Waals surface area contributed by atoms with Gasteiger partial charge in [0.2, 0.25) is 0 Å². The molecule has 0 bridgehead atoms. The topological polar surface area (TPSA) is 59.3 Å².